The molecule has 0 fully saturated rings. The highest BCUT2D eigenvalue weighted by Crippen LogP contribution is 2.27. The molecule has 1 aliphatic carbocycles. The molecular formula is C27H45NO. The molecular weight excluding hydrogens is 354 g/mol. The van der Waals surface area contributed by atoms with Gasteiger partial charge in [-0.25, -0.2) is 0 Å². The van der Waals surface area contributed by atoms with Crippen LogP contribution >= 0.6 is 0 Å². The third kappa shape index (κ3) is 7.15. The van der Waals surface area contributed by atoms with E-state index in [2.05, 4.69) is 50.8 Å². The van der Waals surface area contributed by atoms with Crippen LogP contribution in [-0.2, 0) is 12.8 Å². The smallest absolute Gasteiger partial charge is 0.254 e. The molecule has 2 nitrogen and oxygen atoms in total. The second kappa shape index (κ2) is 13.1. The maximum Gasteiger partial charge on any atom is 0.254 e. The maximum absolute atomic E-state index is 13.8. The Hall–Kier alpha value is -1.31. The molecule has 0 spiro atoms. The fourth-order valence-electron chi connectivity index (χ4n) is 4.85. The van der Waals surface area contributed by atoms with Crippen molar-refractivity contribution in [2.24, 2.45) is 11.8 Å². The average molecular weight is 400 g/mol. The molecule has 2 rings (SSSR count). The van der Waals surface area contributed by atoms with E-state index in [1.165, 1.54) is 75.3 Å². The lowest BCUT2D eigenvalue weighted by Gasteiger charge is -2.32. The Labute approximate surface area is 180 Å². The molecule has 2 atom stereocenters. The van der Waals surface area contributed by atoms with E-state index in [0.29, 0.717) is 17.7 Å². The largest absolute Gasteiger partial charge is 0.338 e. The monoisotopic (exact) mass is 399 g/mol. The van der Waals surface area contributed by atoms with E-state index in [0.717, 1.165) is 31.5 Å². The molecule has 0 radical (unpaired) electrons. The number of amides is 1. The first-order valence-electron chi connectivity index (χ1n) is 12.5. The van der Waals surface area contributed by atoms with Gasteiger partial charge in [0.15, 0.2) is 0 Å². The molecule has 1 aromatic rings. The summed E-state index contributed by atoms with van der Waals surface area (Å²) in [6, 6.07) is 6.44. The summed E-state index contributed by atoms with van der Waals surface area (Å²) in [4.78, 5) is 16.0. The van der Waals surface area contributed by atoms with Gasteiger partial charge >= 0.3 is 0 Å². The van der Waals surface area contributed by atoms with Crippen LogP contribution in [0.5, 0.6) is 0 Å². The predicted octanol–water partition coefficient (Wildman–Crippen LogP) is 7.44. The molecule has 0 saturated heterocycles. The normalized spacial score (nSPS) is 15.6. The van der Waals surface area contributed by atoms with Gasteiger partial charge in [-0.15, -0.1) is 0 Å². The molecule has 1 amide bonds. The molecule has 2 heteroatoms. The van der Waals surface area contributed by atoms with Crippen molar-refractivity contribution in [1.82, 2.24) is 4.90 Å². The Kier molecular flexibility index (Phi) is 10.8. The summed E-state index contributed by atoms with van der Waals surface area (Å²) in [5.74, 6) is 1.55. The highest BCUT2D eigenvalue weighted by molar-refractivity contribution is 5.96. The summed E-state index contributed by atoms with van der Waals surface area (Å²) in [5.41, 5.74) is 3.76. The molecule has 1 aromatic carbocycles. The van der Waals surface area contributed by atoms with Crippen LogP contribution in [0.15, 0.2) is 18.2 Å². The van der Waals surface area contributed by atoms with E-state index in [9.17, 15) is 4.79 Å². The number of unbranched alkanes of at least 4 members (excludes halogenated alkanes) is 2. The van der Waals surface area contributed by atoms with Crippen LogP contribution in [0.2, 0.25) is 0 Å². The zero-order valence-electron chi connectivity index (χ0n) is 19.6. The number of nitrogens with zero attached hydrogens (tertiary/aromatic N) is 1. The minimum absolute atomic E-state index is 0.300. The van der Waals surface area contributed by atoms with Crippen molar-refractivity contribution in [1.29, 1.82) is 0 Å². The lowest BCUT2D eigenvalue weighted by molar-refractivity contribution is 0.0683. The minimum atomic E-state index is 0.300. The van der Waals surface area contributed by atoms with Gasteiger partial charge in [-0.2, -0.15) is 0 Å². The Bertz CT molecular complexity index is 591. The van der Waals surface area contributed by atoms with Crippen LogP contribution in [0.4, 0.5) is 0 Å². The fraction of sp³-hybridized carbons (Fsp3) is 0.741. The quantitative estimate of drug-likeness (QED) is 0.337. The van der Waals surface area contributed by atoms with E-state index in [1.54, 1.807) is 0 Å². The van der Waals surface area contributed by atoms with Crippen LogP contribution in [0.3, 0.4) is 0 Å². The summed E-state index contributed by atoms with van der Waals surface area (Å²) in [6.07, 6.45) is 14.6. The lowest BCUT2D eigenvalue weighted by atomic mass is 9.87. The molecule has 1 aliphatic rings. The van der Waals surface area contributed by atoms with Crippen molar-refractivity contribution in [3.63, 3.8) is 0 Å². The van der Waals surface area contributed by atoms with Gasteiger partial charge in [0.25, 0.3) is 5.91 Å². The SMILES string of the molecule is CCCCC(CC)CN(CC(CC)CCCC)C(=O)c1cccc2c1CCCC2. The Balaban J connectivity index is 2.24. The molecule has 164 valence electrons. The Morgan fingerprint density at radius 3 is 2.03 bits per heavy atom. The predicted molar refractivity (Wildman–Crippen MR) is 126 cm³/mol. The molecule has 0 N–H and O–H groups in total. The third-order valence-corrected chi connectivity index (χ3v) is 6.96. The summed E-state index contributed by atoms with van der Waals surface area (Å²) in [6.45, 7) is 11.0. The molecule has 0 aromatic heterocycles. The van der Waals surface area contributed by atoms with E-state index >= 15 is 0 Å². The first kappa shape index (κ1) is 24.0. The second-order valence-electron chi connectivity index (χ2n) is 9.19. The highest BCUT2D eigenvalue weighted by atomic mass is 16.2. The average Bonchev–Trinajstić information content (AvgIpc) is 2.77. The van der Waals surface area contributed by atoms with Crippen LogP contribution in [-0.4, -0.2) is 23.9 Å². The minimum Gasteiger partial charge on any atom is -0.338 e. The molecule has 0 heterocycles. The van der Waals surface area contributed by atoms with Gasteiger partial charge in [0.1, 0.15) is 0 Å². The third-order valence-electron chi connectivity index (χ3n) is 6.96. The van der Waals surface area contributed by atoms with Crippen LogP contribution in [0.1, 0.15) is 113 Å². The zero-order chi connectivity index (χ0) is 21.1. The van der Waals surface area contributed by atoms with Crippen LogP contribution < -0.4 is 0 Å². The van der Waals surface area contributed by atoms with Crippen molar-refractivity contribution in [2.75, 3.05) is 13.1 Å². The van der Waals surface area contributed by atoms with Gasteiger partial charge in [-0.3, -0.25) is 4.79 Å². The number of benzene rings is 1. The fourth-order valence-corrected chi connectivity index (χ4v) is 4.85. The standard InChI is InChI=1S/C27H45NO/c1-5-9-14-22(7-3)20-28(21-23(8-4)15-10-6-2)27(29)26-19-13-17-24-16-11-12-18-25(24)26/h13,17,19,22-23H,5-12,14-16,18,20-21H2,1-4H3. The summed E-state index contributed by atoms with van der Waals surface area (Å²) in [7, 11) is 0. The molecule has 2 unspecified atom stereocenters. The number of rotatable bonds is 13. The highest BCUT2D eigenvalue weighted by Gasteiger charge is 2.25. The zero-order valence-corrected chi connectivity index (χ0v) is 19.6. The van der Waals surface area contributed by atoms with Gasteiger partial charge in [-0.1, -0.05) is 78.4 Å². The first-order valence-corrected chi connectivity index (χ1v) is 12.5. The van der Waals surface area contributed by atoms with E-state index in [4.69, 9.17) is 0 Å². The molecule has 29 heavy (non-hydrogen) atoms. The summed E-state index contributed by atoms with van der Waals surface area (Å²) < 4.78 is 0. The topological polar surface area (TPSA) is 20.3 Å². The van der Waals surface area contributed by atoms with Gasteiger partial charge in [0.05, 0.1) is 0 Å². The van der Waals surface area contributed by atoms with Crippen molar-refractivity contribution in [3.8, 4) is 0 Å². The first-order chi connectivity index (χ1) is 14.1. The number of carbonyl (C=O) groups is 1. The van der Waals surface area contributed by atoms with Gasteiger partial charge in [-0.05, 0) is 67.6 Å². The molecule has 0 bridgehead atoms. The van der Waals surface area contributed by atoms with E-state index < -0.39 is 0 Å². The van der Waals surface area contributed by atoms with Crippen molar-refractivity contribution >= 4 is 5.91 Å². The van der Waals surface area contributed by atoms with Gasteiger partial charge < -0.3 is 4.90 Å². The number of hydrogen-bond donors (Lipinski definition) is 0. The number of fused-ring (bicyclic) bond motifs is 1. The number of hydrogen-bond acceptors (Lipinski definition) is 1. The molecule has 0 aliphatic heterocycles. The van der Waals surface area contributed by atoms with Crippen molar-refractivity contribution in [2.45, 2.75) is 105 Å². The number of carbonyl (C=O) groups excluding carboxylic acids is 1. The van der Waals surface area contributed by atoms with Crippen LogP contribution in [0, 0.1) is 11.8 Å². The van der Waals surface area contributed by atoms with E-state index in [1.807, 2.05) is 0 Å². The number of aryl methyl sites for hydroxylation is 1. The van der Waals surface area contributed by atoms with Gasteiger partial charge in [0.2, 0.25) is 0 Å². The summed E-state index contributed by atoms with van der Waals surface area (Å²) >= 11 is 0. The van der Waals surface area contributed by atoms with Crippen molar-refractivity contribution in [3.05, 3.63) is 34.9 Å². The second-order valence-corrected chi connectivity index (χ2v) is 9.19. The summed E-state index contributed by atoms with van der Waals surface area (Å²) in [5, 5.41) is 0. The lowest BCUT2D eigenvalue weighted by Crippen LogP contribution is -2.39. The van der Waals surface area contributed by atoms with Crippen molar-refractivity contribution < 1.29 is 4.79 Å². The maximum atomic E-state index is 13.8. The Morgan fingerprint density at radius 2 is 1.48 bits per heavy atom. The van der Waals surface area contributed by atoms with Crippen LogP contribution in [0.25, 0.3) is 0 Å². The molecule has 0 saturated carbocycles. The van der Waals surface area contributed by atoms with Gasteiger partial charge in [0, 0.05) is 18.7 Å². The van der Waals surface area contributed by atoms with E-state index in [-0.39, 0.29) is 0 Å². The Morgan fingerprint density at radius 1 is 0.897 bits per heavy atom.